The van der Waals surface area contributed by atoms with E-state index in [2.05, 4.69) is 48.5 Å². The third-order valence-corrected chi connectivity index (χ3v) is 2.55. The lowest BCUT2D eigenvalue weighted by atomic mass is 10.2. The smallest absolute Gasteiger partial charge is 0.0184 e. The van der Waals surface area contributed by atoms with Gasteiger partial charge in [0.25, 0.3) is 0 Å². The molecule has 0 radical (unpaired) electrons. The minimum absolute atomic E-state index is 1.23. The van der Waals surface area contributed by atoms with Crippen LogP contribution in [0.15, 0.2) is 97.1 Å². The molecular formula is C18H16. The van der Waals surface area contributed by atoms with Crippen LogP contribution in [-0.4, -0.2) is 0 Å². The molecule has 2 aromatic carbocycles. The summed E-state index contributed by atoms with van der Waals surface area (Å²) in [5.41, 5.74) is 0. The molecule has 0 spiro atoms. The monoisotopic (exact) mass is 232 g/mol. The van der Waals surface area contributed by atoms with Crippen LogP contribution in [0.2, 0.25) is 0 Å². The van der Waals surface area contributed by atoms with Crippen LogP contribution >= 0.6 is 0 Å². The molecule has 18 heavy (non-hydrogen) atoms. The van der Waals surface area contributed by atoms with Gasteiger partial charge in [-0.15, -0.1) is 0 Å². The summed E-state index contributed by atoms with van der Waals surface area (Å²) in [6, 6.07) is 32.9. The third-order valence-electron chi connectivity index (χ3n) is 2.55. The van der Waals surface area contributed by atoms with Gasteiger partial charge < -0.3 is 0 Å². The van der Waals surface area contributed by atoms with Crippen molar-refractivity contribution in [2.24, 2.45) is 0 Å². The van der Waals surface area contributed by atoms with Crippen LogP contribution in [0, 0.1) is 0 Å². The Morgan fingerprint density at radius 2 is 0.500 bits per heavy atom. The fraction of sp³-hybridized carbons (Fsp3) is 0. The number of benzene rings is 1. The van der Waals surface area contributed by atoms with E-state index in [1.807, 2.05) is 48.5 Å². The minimum atomic E-state index is 1.23. The SMILES string of the molecule is c1ccccccc2ccccc2ccccc1. The summed E-state index contributed by atoms with van der Waals surface area (Å²) in [5, 5.41) is 2.45. The molecule has 0 unspecified atom stereocenters. The van der Waals surface area contributed by atoms with Crippen molar-refractivity contribution >= 4 is 10.8 Å². The molecule has 0 nitrogen and oxygen atoms in total. The first kappa shape index (κ1) is 12.1. The van der Waals surface area contributed by atoms with Crippen LogP contribution in [0.25, 0.3) is 10.8 Å². The van der Waals surface area contributed by atoms with Gasteiger partial charge in [0.2, 0.25) is 0 Å². The molecule has 0 atom stereocenters. The van der Waals surface area contributed by atoms with E-state index < -0.39 is 0 Å². The van der Waals surface area contributed by atoms with E-state index in [9.17, 15) is 0 Å². The topological polar surface area (TPSA) is 0 Å². The number of fused-ring (bicyclic) bond motifs is 1. The second-order valence-electron chi connectivity index (χ2n) is 3.89. The molecule has 0 amide bonds. The van der Waals surface area contributed by atoms with Gasteiger partial charge >= 0.3 is 0 Å². The number of hydrogen-bond donors (Lipinski definition) is 0. The molecule has 2 aromatic rings. The molecule has 0 heterocycles. The maximum Gasteiger partial charge on any atom is -0.0184 e. The van der Waals surface area contributed by atoms with Crippen LogP contribution in [0.3, 0.4) is 0 Å². The summed E-state index contributed by atoms with van der Waals surface area (Å²) in [6.07, 6.45) is 0. The number of hydrogen-bond acceptors (Lipinski definition) is 0. The molecule has 0 aliphatic heterocycles. The van der Waals surface area contributed by atoms with Gasteiger partial charge in [-0.05, 0) is 10.8 Å². The zero-order chi connectivity index (χ0) is 12.5. The van der Waals surface area contributed by atoms with E-state index in [1.54, 1.807) is 0 Å². The summed E-state index contributed by atoms with van der Waals surface area (Å²) in [5.74, 6) is 0. The normalized spacial score (nSPS) is 9.11. The Balaban J connectivity index is 2.63. The molecule has 0 heteroatoms. The van der Waals surface area contributed by atoms with Gasteiger partial charge in [-0.3, -0.25) is 0 Å². The average molecular weight is 232 g/mol. The van der Waals surface area contributed by atoms with Gasteiger partial charge in [0.15, 0.2) is 0 Å². The molecule has 0 saturated heterocycles. The zero-order valence-corrected chi connectivity index (χ0v) is 10.2. The minimum Gasteiger partial charge on any atom is -0.0623 e. The Bertz CT molecular complexity index is 555. The highest BCUT2D eigenvalue weighted by atomic mass is 13.9. The standard InChI is InChI=1S/C18H16/c1-2-4-6-8-10-14-18-16-12-11-15-17(18)13-9-7-5-3-1/h1-16H. The first-order valence-corrected chi connectivity index (χ1v) is 6.07. The summed E-state index contributed by atoms with van der Waals surface area (Å²) < 4.78 is 0. The first-order chi connectivity index (χ1) is 8.97. The molecule has 0 saturated carbocycles. The van der Waals surface area contributed by atoms with Gasteiger partial charge in [0.1, 0.15) is 0 Å². The molecule has 2 rings (SSSR count). The summed E-state index contributed by atoms with van der Waals surface area (Å²) in [4.78, 5) is 0. The van der Waals surface area contributed by atoms with Gasteiger partial charge in [-0.25, -0.2) is 0 Å². The van der Waals surface area contributed by atoms with E-state index in [4.69, 9.17) is 0 Å². The van der Waals surface area contributed by atoms with Crippen molar-refractivity contribution in [3.63, 3.8) is 0 Å². The molecule has 0 fully saturated rings. The maximum absolute atomic E-state index is 2.12. The van der Waals surface area contributed by atoms with Crippen molar-refractivity contribution in [1.82, 2.24) is 0 Å². The fourth-order valence-corrected chi connectivity index (χ4v) is 1.65. The third kappa shape index (κ3) is 3.91. The van der Waals surface area contributed by atoms with Crippen LogP contribution in [-0.2, 0) is 0 Å². The lowest BCUT2D eigenvalue weighted by molar-refractivity contribution is 1.73. The maximum atomic E-state index is 2.12. The zero-order valence-electron chi connectivity index (χ0n) is 10.2. The predicted molar refractivity (Wildman–Crippen MR) is 79.2 cm³/mol. The Labute approximate surface area is 108 Å². The van der Waals surface area contributed by atoms with Gasteiger partial charge in [0, 0.05) is 0 Å². The lowest BCUT2D eigenvalue weighted by Gasteiger charge is -1.89. The molecule has 88 valence electrons. The average Bonchev–Trinajstić information content (AvgIpc) is 2.41. The molecule has 0 bridgehead atoms. The lowest BCUT2D eigenvalue weighted by Crippen LogP contribution is -1.64. The Morgan fingerprint density at radius 3 is 0.833 bits per heavy atom. The fourth-order valence-electron chi connectivity index (χ4n) is 1.65. The summed E-state index contributed by atoms with van der Waals surface area (Å²) in [7, 11) is 0. The van der Waals surface area contributed by atoms with Gasteiger partial charge in [-0.2, -0.15) is 0 Å². The van der Waals surface area contributed by atoms with E-state index in [-0.39, 0.29) is 0 Å². The highest BCUT2D eigenvalue weighted by Gasteiger charge is 1.82. The van der Waals surface area contributed by atoms with E-state index in [1.165, 1.54) is 10.8 Å². The molecule has 0 N–H and O–H groups in total. The largest absolute Gasteiger partial charge is 0.0623 e. The van der Waals surface area contributed by atoms with Crippen LogP contribution in [0.4, 0.5) is 0 Å². The number of rotatable bonds is 0. The van der Waals surface area contributed by atoms with Crippen LogP contribution in [0.5, 0.6) is 0 Å². The summed E-state index contributed by atoms with van der Waals surface area (Å²) >= 11 is 0. The second kappa shape index (κ2) is 7.08. The van der Waals surface area contributed by atoms with Crippen molar-refractivity contribution in [2.45, 2.75) is 0 Å². The summed E-state index contributed by atoms with van der Waals surface area (Å²) in [6.45, 7) is 0. The molecule has 0 aliphatic carbocycles. The van der Waals surface area contributed by atoms with E-state index in [0.717, 1.165) is 0 Å². The second-order valence-corrected chi connectivity index (χ2v) is 3.89. The Hall–Kier alpha value is -2.34. The van der Waals surface area contributed by atoms with Crippen LogP contribution < -0.4 is 0 Å². The molecule has 0 aliphatic rings. The van der Waals surface area contributed by atoms with Crippen molar-refractivity contribution in [2.75, 3.05) is 0 Å². The van der Waals surface area contributed by atoms with Crippen molar-refractivity contribution < 1.29 is 0 Å². The van der Waals surface area contributed by atoms with E-state index >= 15 is 0 Å². The predicted octanol–water partition coefficient (Wildman–Crippen LogP) is 5.09. The van der Waals surface area contributed by atoms with Crippen molar-refractivity contribution in [3.05, 3.63) is 97.1 Å². The highest BCUT2D eigenvalue weighted by Crippen LogP contribution is 2.08. The Kier molecular flexibility index (Phi) is 4.77. The highest BCUT2D eigenvalue weighted by molar-refractivity contribution is 5.80. The molecule has 0 aromatic heterocycles. The van der Waals surface area contributed by atoms with Crippen molar-refractivity contribution in [1.29, 1.82) is 0 Å². The molecular weight excluding hydrogens is 216 g/mol. The van der Waals surface area contributed by atoms with Gasteiger partial charge in [0.05, 0.1) is 0 Å². The van der Waals surface area contributed by atoms with Crippen molar-refractivity contribution in [3.8, 4) is 0 Å². The van der Waals surface area contributed by atoms with Gasteiger partial charge in [-0.1, -0.05) is 97.1 Å². The quantitative estimate of drug-likeness (QED) is 0.593. The van der Waals surface area contributed by atoms with Crippen LogP contribution in [0.1, 0.15) is 0 Å². The van der Waals surface area contributed by atoms with E-state index in [0.29, 0.717) is 0 Å². The first-order valence-electron chi connectivity index (χ1n) is 6.07. The Morgan fingerprint density at radius 1 is 0.278 bits per heavy atom.